The van der Waals surface area contributed by atoms with Crippen LogP contribution in [0, 0.1) is 0 Å². The molecule has 106 valence electrons. The Bertz CT molecular complexity index is 564. The first-order chi connectivity index (χ1) is 9.58. The van der Waals surface area contributed by atoms with Crippen LogP contribution in [-0.4, -0.2) is 58.8 Å². The van der Waals surface area contributed by atoms with E-state index in [2.05, 4.69) is 34.6 Å². The van der Waals surface area contributed by atoms with Crippen molar-refractivity contribution in [2.45, 2.75) is 6.42 Å². The lowest BCUT2D eigenvalue weighted by Crippen LogP contribution is -2.38. The van der Waals surface area contributed by atoms with Crippen molar-refractivity contribution in [2.75, 3.05) is 28.2 Å². The molecule has 0 spiro atoms. The summed E-state index contributed by atoms with van der Waals surface area (Å²) in [7, 11) is 7.58. The molecule has 0 fully saturated rings. The Labute approximate surface area is 118 Å². The van der Waals surface area contributed by atoms with Gasteiger partial charge in [0.25, 0.3) is 0 Å². The molecule has 1 aromatic carbocycles. The Hall–Kier alpha value is -2.37. The Morgan fingerprint density at radius 3 is 2.30 bits per heavy atom. The maximum atomic E-state index is 5.39. The van der Waals surface area contributed by atoms with Crippen LogP contribution in [0.25, 0.3) is 0 Å². The van der Waals surface area contributed by atoms with Crippen LogP contribution in [0.3, 0.4) is 0 Å². The van der Waals surface area contributed by atoms with Gasteiger partial charge in [-0.15, -0.1) is 5.10 Å². The summed E-state index contributed by atoms with van der Waals surface area (Å²) in [5, 5.41) is 7.32. The van der Waals surface area contributed by atoms with E-state index in [4.69, 9.17) is 4.84 Å². The van der Waals surface area contributed by atoms with Crippen molar-refractivity contribution in [1.82, 2.24) is 20.1 Å². The largest absolute Gasteiger partial charge is 0.471 e. The van der Waals surface area contributed by atoms with Gasteiger partial charge in [-0.25, -0.2) is 9.48 Å². The van der Waals surface area contributed by atoms with Crippen LogP contribution in [-0.2, 0) is 6.42 Å². The molecule has 3 rings (SSSR count). The van der Waals surface area contributed by atoms with Crippen LogP contribution in [0.5, 0.6) is 0 Å². The number of amidine groups is 1. The minimum atomic E-state index is 0.686. The van der Waals surface area contributed by atoms with Crippen molar-refractivity contribution in [3.05, 3.63) is 47.8 Å². The zero-order valence-corrected chi connectivity index (χ0v) is 12.3. The molecule has 0 saturated heterocycles. The van der Waals surface area contributed by atoms with E-state index < -0.39 is 0 Å². The molecule has 0 bridgehead atoms. The van der Waals surface area contributed by atoms with E-state index in [0.717, 1.165) is 0 Å². The second kappa shape index (κ2) is 6.18. The highest BCUT2D eigenvalue weighted by molar-refractivity contribution is 5.67. The minimum Gasteiger partial charge on any atom is -0.279 e. The molecule has 0 N–H and O–H groups in total. The monoisotopic (exact) mass is 274 g/mol. The molecule has 0 radical (unpaired) electrons. The Balaban J connectivity index is 0.000000173. The fraction of sp³-hybridized carbons (Fsp3) is 0.357. The summed E-state index contributed by atoms with van der Waals surface area (Å²) >= 11 is 0. The lowest BCUT2D eigenvalue weighted by molar-refractivity contribution is -0.480. The number of hydrogen-bond acceptors (Lipinski definition) is 3. The van der Waals surface area contributed by atoms with Gasteiger partial charge in [0.15, 0.2) is 0 Å². The van der Waals surface area contributed by atoms with Gasteiger partial charge in [0, 0.05) is 0 Å². The lowest BCUT2D eigenvalue weighted by Gasteiger charge is -2.09. The molecule has 6 nitrogen and oxygen atoms in total. The predicted molar refractivity (Wildman–Crippen MR) is 76.7 cm³/mol. The first kappa shape index (κ1) is 14.0. The van der Waals surface area contributed by atoms with Crippen molar-refractivity contribution >= 4 is 6.02 Å². The number of benzene rings is 1. The molecule has 6 heteroatoms. The second-order valence-corrected chi connectivity index (χ2v) is 4.91. The van der Waals surface area contributed by atoms with Crippen LogP contribution in [0.2, 0.25) is 0 Å². The topological polar surface area (TPSA) is 46.2 Å². The molecule has 1 heterocycles. The summed E-state index contributed by atoms with van der Waals surface area (Å²) in [6.45, 7) is 0. The summed E-state index contributed by atoms with van der Waals surface area (Å²) in [5.41, 5.74) is 3.06. The summed E-state index contributed by atoms with van der Waals surface area (Å²) in [4.78, 5) is 8.54. The van der Waals surface area contributed by atoms with Crippen LogP contribution >= 0.6 is 0 Å². The number of aromatic nitrogens is 3. The van der Waals surface area contributed by atoms with Crippen molar-refractivity contribution in [1.29, 1.82) is 0 Å². The van der Waals surface area contributed by atoms with E-state index >= 15 is 0 Å². The van der Waals surface area contributed by atoms with Gasteiger partial charge < -0.3 is 0 Å². The third-order valence-corrected chi connectivity index (χ3v) is 2.72. The van der Waals surface area contributed by atoms with Crippen LogP contribution < -0.4 is 4.84 Å². The molecule has 2 aromatic rings. The number of hydrogen-bond donors (Lipinski definition) is 0. The molecule has 1 aliphatic rings. The number of nitrogens with zero attached hydrogens (tertiary/aromatic N) is 5. The molecule has 0 aliphatic heterocycles. The summed E-state index contributed by atoms with van der Waals surface area (Å²) < 4.78 is 1.85. The summed E-state index contributed by atoms with van der Waals surface area (Å²) in [5.74, 6) is 0. The van der Waals surface area contributed by atoms with E-state index in [-0.39, 0.29) is 0 Å². The smallest absolute Gasteiger partial charge is 0.279 e. The molecular formula is C14H20N5O+. The van der Waals surface area contributed by atoms with Gasteiger partial charge in [0.1, 0.15) is 0 Å². The highest BCUT2D eigenvalue weighted by atomic mass is 16.7. The highest BCUT2D eigenvalue weighted by Crippen LogP contribution is 2.25. The van der Waals surface area contributed by atoms with E-state index in [1.54, 1.807) is 12.4 Å². The predicted octanol–water partition coefficient (Wildman–Crippen LogP) is 0.487. The molecule has 1 aliphatic carbocycles. The number of fused-ring (bicyclic) bond motifs is 1. The third kappa shape index (κ3) is 3.81. The zero-order chi connectivity index (χ0) is 14.5. The first-order valence-corrected chi connectivity index (χ1v) is 6.41. The van der Waals surface area contributed by atoms with Gasteiger partial charge >= 0.3 is 6.02 Å². The quantitative estimate of drug-likeness (QED) is 0.368. The highest BCUT2D eigenvalue weighted by Gasteiger charge is 2.14. The second-order valence-electron chi connectivity index (χ2n) is 4.91. The Morgan fingerprint density at radius 2 is 1.90 bits per heavy atom. The fourth-order valence-corrected chi connectivity index (χ4v) is 1.73. The zero-order valence-electron chi connectivity index (χ0n) is 12.3. The average molecular weight is 274 g/mol. The molecule has 0 unspecified atom stereocenters. The van der Waals surface area contributed by atoms with E-state index in [9.17, 15) is 0 Å². The van der Waals surface area contributed by atoms with E-state index in [0.29, 0.717) is 6.02 Å². The van der Waals surface area contributed by atoms with Gasteiger partial charge in [-0.3, -0.25) is 4.84 Å². The maximum absolute atomic E-state index is 5.39. The van der Waals surface area contributed by atoms with Crippen molar-refractivity contribution in [3.63, 3.8) is 0 Å². The summed E-state index contributed by atoms with van der Waals surface area (Å²) in [6.07, 6.45) is 4.43. The summed E-state index contributed by atoms with van der Waals surface area (Å²) in [6, 6.07) is 9.22. The molecule has 1 aromatic heterocycles. The number of rotatable bonds is 1. The SMILES string of the molecule is CN(C)C(On1ccnn1)=[N+](C)C.c1ccc2c(c1)C2. The third-order valence-electron chi connectivity index (χ3n) is 2.72. The Kier molecular flexibility index (Phi) is 4.34. The molecule has 0 amide bonds. The van der Waals surface area contributed by atoms with Crippen LogP contribution in [0.1, 0.15) is 11.1 Å². The molecule has 0 saturated carbocycles. The van der Waals surface area contributed by atoms with Gasteiger partial charge in [0.05, 0.1) is 40.6 Å². The van der Waals surface area contributed by atoms with Crippen molar-refractivity contribution in [3.8, 4) is 0 Å². The van der Waals surface area contributed by atoms with Gasteiger partial charge in [0.2, 0.25) is 0 Å². The van der Waals surface area contributed by atoms with Gasteiger partial charge in [-0.2, -0.15) is 0 Å². The van der Waals surface area contributed by atoms with E-state index in [1.807, 2.05) is 37.7 Å². The Morgan fingerprint density at radius 1 is 1.25 bits per heavy atom. The van der Waals surface area contributed by atoms with Crippen LogP contribution in [0.4, 0.5) is 0 Å². The van der Waals surface area contributed by atoms with Gasteiger partial charge in [-0.05, 0) is 22.8 Å². The normalized spacial score (nSPS) is 10.8. The maximum Gasteiger partial charge on any atom is 0.471 e. The minimum absolute atomic E-state index is 0.686. The van der Waals surface area contributed by atoms with Crippen molar-refractivity contribution < 1.29 is 9.41 Å². The molecular weight excluding hydrogens is 254 g/mol. The van der Waals surface area contributed by atoms with Gasteiger partial charge in [-0.1, -0.05) is 29.1 Å². The molecule has 20 heavy (non-hydrogen) atoms. The first-order valence-electron chi connectivity index (χ1n) is 6.41. The lowest BCUT2D eigenvalue weighted by atomic mass is 10.4. The van der Waals surface area contributed by atoms with E-state index in [1.165, 1.54) is 22.4 Å². The van der Waals surface area contributed by atoms with Crippen LogP contribution in [0.15, 0.2) is 36.7 Å². The standard InChI is InChI=1S/C7H14N5O.C7H6/c1-10(2)7(11(3)4)13-12-6-5-8-9-12;1-2-4-7-5-6(7)3-1/h5-6H,1-4H3;1-4H,5H2/q+1;. The van der Waals surface area contributed by atoms with Crippen molar-refractivity contribution in [2.24, 2.45) is 0 Å². The average Bonchev–Trinajstić information content (AvgIpc) is 3.02. The molecule has 0 atom stereocenters. The fourth-order valence-electron chi connectivity index (χ4n) is 1.73.